The highest BCUT2D eigenvalue weighted by Crippen LogP contribution is 2.34. The zero-order valence-corrected chi connectivity index (χ0v) is 21.2. The Labute approximate surface area is 224 Å². The minimum atomic E-state index is 0.0770. The molecule has 6 heterocycles. The van der Waals surface area contributed by atoms with Crippen LogP contribution in [0.4, 0.5) is 5.69 Å². The number of carbonyl (C=O) groups excluding carboxylic acids is 1. The SMILES string of the molecule is O=C(Nc1cncc(-c2cc3c(-c4cc5c(-c6cccnc6)cncc5[nH]4)n[nH]c3cn2)c1)C1CCCCC1. The molecule has 0 saturated heterocycles. The van der Waals surface area contributed by atoms with Crippen molar-refractivity contribution in [3.63, 3.8) is 0 Å². The standard InChI is InChI=1S/C30H26N8O/c39-30(18-5-2-1-3-6-18)35-21-9-20(13-32-14-21)25-11-23-28(17-34-25)37-38-29(23)26-10-22-24(15-33-16-27(22)36-26)19-7-4-8-31-12-19/h4,7-18,36H,1-3,5-6H2,(H,35,39)(H,37,38). The van der Waals surface area contributed by atoms with Crippen molar-refractivity contribution in [2.24, 2.45) is 5.92 Å². The molecule has 9 heteroatoms. The molecule has 0 bridgehead atoms. The van der Waals surface area contributed by atoms with Crippen molar-refractivity contribution in [1.82, 2.24) is 35.1 Å². The fourth-order valence-electron chi connectivity index (χ4n) is 5.47. The van der Waals surface area contributed by atoms with E-state index in [2.05, 4.69) is 46.5 Å². The molecule has 0 radical (unpaired) electrons. The molecule has 0 aliphatic heterocycles. The number of anilines is 1. The number of aromatic amines is 2. The molecule has 6 aromatic rings. The number of hydrogen-bond donors (Lipinski definition) is 3. The molecule has 1 saturated carbocycles. The minimum absolute atomic E-state index is 0.0770. The van der Waals surface area contributed by atoms with Crippen molar-refractivity contribution in [2.75, 3.05) is 5.32 Å². The number of amides is 1. The lowest BCUT2D eigenvalue weighted by Crippen LogP contribution is -2.24. The van der Waals surface area contributed by atoms with Gasteiger partial charge >= 0.3 is 0 Å². The lowest BCUT2D eigenvalue weighted by atomic mass is 9.88. The van der Waals surface area contributed by atoms with E-state index in [-0.39, 0.29) is 11.8 Å². The normalized spacial score (nSPS) is 14.2. The topological polar surface area (TPSA) is 125 Å². The highest BCUT2D eigenvalue weighted by atomic mass is 16.1. The summed E-state index contributed by atoms with van der Waals surface area (Å²) in [6.45, 7) is 0. The van der Waals surface area contributed by atoms with E-state index in [1.165, 1.54) is 6.42 Å². The maximum Gasteiger partial charge on any atom is 0.227 e. The maximum absolute atomic E-state index is 12.8. The Bertz CT molecular complexity index is 1800. The third-order valence-corrected chi connectivity index (χ3v) is 7.50. The van der Waals surface area contributed by atoms with Crippen LogP contribution in [0.5, 0.6) is 0 Å². The highest BCUT2D eigenvalue weighted by Gasteiger charge is 2.21. The third kappa shape index (κ3) is 4.41. The average Bonchev–Trinajstić information content (AvgIpc) is 3.62. The number of fused-ring (bicyclic) bond motifs is 2. The number of H-pyrrole nitrogens is 2. The van der Waals surface area contributed by atoms with Crippen LogP contribution in [0.2, 0.25) is 0 Å². The van der Waals surface area contributed by atoms with Crippen LogP contribution in [0.1, 0.15) is 32.1 Å². The van der Waals surface area contributed by atoms with Crippen LogP contribution in [-0.2, 0) is 4.79 Å². The Balaban J connectivity index is 1.23. The van der Waals surface area contributed by atoms with Gasteiger partial charge in [0.15, 0.2) is 0 Å². The maximum atomic E-state index is 12.8. The summed E-state index contributed by atoms with van der Waals surface area (Å²) in [6.07, 6.45) is 17.9. The van der Waals surface area contributed by atoms with Gasteiger partial charge in [-0.1, -0.05) is 25.3 Å². The molecule has 1 fully saturated rings. The van der Waals surface area contributed by atoms with Crippen molar-refractivity contribution >= 4 is 33.4 Å². The molecule has 39 heavy (non-hydrogen) atoms. The number of pyridine rings is 4. The van der Waals surface area contributed by atoms with Crippen molar-refractivity contribution < 1.29 is 4.79 Å². The second kappa shape index (κ2) is 9.75. The van der Waals surface area contributed by atoms with E-state index in [4.69, 9.17) is 0 Å². The quantitative estimate of drug-likeness (QED) is 0.254. The van der Waals surface area contributed by atoms with Crippen molar-refractivity contribution in [1.29, 1.82) is 0 Å². The summed E-state index contributed by atoms with van der Waals surface area (Å²) >= 11 is 0. The molecular weight excluding hydrogens is 488 g/mol. The number of rotatable bonds is 5. The molecule has 1 amide bonds. The van der Waals surface area contributed by atoms with Crippen LogP contribution in [0.25, 0.3) is 55.6 Å². The lowest BCUT2D eigenvalue weighted by molar-refractivity contribution is -0.120. The lowest BCUT2D eigenvalue weighted by Gasteiger charge is -2.20. The first-order valence-corrected chi connectivity index (χ1v) is 13.2. The van der Waals surface area contributed by atoms with Gasteiger partial charge in [0.1, 0.15) is 5.69 Å². The molecule has 192 valence electrons. The summed E-state index contributed by atoms with van der Waals surface area (Å²) in [7, 11) is 0. The molecule has 0 unspecified atom stereocenters. The molecule has 6 aromatic heterocycles. The van der Waals surface area contributed by atoms with Crippen molar-refractivity contribution in [2.45, 2.75) is 32.1 Å². The van der Waals surface area contributed by atoms with Crippen molar-refractivity contribution in [3.05, 3.63) is 73.7 Å². The van der Waals surface area contributed by atoms with Crippen LogP contribution in [0, 0.1) is 5.92 Å². The van der Waals surface area contributed by atoms with Crippen LogP contribution < -0.4 is 5.32 Å². The molecule has 9 nitrogen and oxygen atoms in total. The zero-order chi connectivity index (χ0) is 26.2. The molecule has 1 aliphatic carbocycles. The molecule has 7 rings (SSSR count). The van der Waals surface area contributed by atoms with Gasteiger partial charge in [0.05, 0.1) is 46.7 Å². The van der Waals surface area contributed by atoms with Crippen LogP contribution in [0.3, 0.4) is 0 Å². The molecule has 0 atom stereocenters. The van der Waals surface area contributed by atoms with E-state index in [9.17, 15) is 4.79 Å². The summed E-state index contributed by atoms with van der Waals surface area (Å²) in [4.78, 5) is 33.9. The Kier molecular flexibility index (Phi) is 5.81. The molecule has 0 spiro atoms. The second-order valence-corrected chi connectivity index (χ2v) is 10.0. The third-order valence-electron chi connectivity index (χ3n) is 7.50. The van der Waals surface area contributed by atoms with Gasteiger partial charge in [-0.15, -0.1) is 0 Å². The number of hydrogen-bond acceptors (Lipinski definition) is 6. The minimum Gasteiger partial charge on any atom is -0.352 e. The largest absolute Gasteiger partial charge is 0.352 e. The summed E-state index contributed by atoms with van der Waals surface area (Å²) in [5.41, 5.74) is 7.67. The van der Waals surface area contributed by atoms with E-state index in [0.29, 0.717) is 5.69 Å². The summed E-state index contributed by atoms with van der Waals surface area (Å²) in [6, 6.07) is 9.97. The van der Waals surface area contributed by atoms with Crippen molar-refractivity contribution in [3.8, 4) is 33.8 Å². The predicted molar refractivity (Wildman–Crippen MR) is 151 cm³/mol. The average molecular weight is 515 g/mol. The fraction of sp³-hybridized carbons (Fsp3) is 0.200. The first-order chi connectivity index (χ1) is 19.2. The van der Waals surface area contributed by atoms with E-state index >= 15 is 0 Å². The number of aromatic nitrogens is 7. The van der Waals surface area contributed by atoms with Gasteiger partial charge in [0.2, 0.25) is 5.91 Å². The number of nitrogens with zero attached hydrogens (tertiary/aromatic N) is 5. The zero-order valence-electron chi connectivity index (χ0n) is 21.2. The Hall–Kier alpha value is -4.92. The summed E-state index contributed by atoms with van der Waals surface area (Å²) in [5.74, 6) is 0.156. The summed E-state index contributed by atoms with van der Waals surface area (Å²) < 4.78 is 0. The summed E-state index contributed by atoms with van der Waals surface area (Å²) in [5, 5.41) is 12.7. The Morgan fingerprint density at radius 2 is 1.72 bits per heavy atom. The van der Waals surface area contributed by atoms with E-state index < -0.39 is 0 Å². The van der Waals surface area contributed by atoms with Crippen LogP contribution >= 0.6 is 0 Å². The van der Waals surface area contributed by atoms with Gasteiger partial charge in [-0.3, -0.25) is 29.8 Å². The first-order valence-electron chi connectivity index (χ1n) is 13.2. The van der Waals surface area contributed by atoms with Gasteiger partial charge in [-0.2, -0.15) is 5.10 Å². The van der Waals surface area contributed by atoms with Crippen LogP contribution in [-0.4, -0.2) is 41.0 Å². The van der Waals surface area contributed by atoms with E-state index in [0.717, 1.165) is 81.3 Å². The van der Waals surface area contributed by atoms with E-state index in [1.807, 2.05) is 42.9 Å². The predicted octanol–water partition coefficient (Wildman–Crippen LogP) is 6.14. The van der Waals surface area contributed by atoms with E-state index in [1.54, 1.807) is 24.8 Å². The van der Waals surface area contributed by atoms with Gasteiger partial charge in [-0.25, -0.2) is 0 Å². The van der Waals surface area contributed by atoms with Gasteiger partial charge in [0, 0.05) is 58.2 Å². The Morgan fingerprint density at radius 3 is 2.59 bits per heavy atom. The first kappa shape index (κ1) is 23.2. The number of nitrogens with one attached hydrogen (secondary N) is 3. The molecule has 1 aliphatic rings. The molecule has 0 aromatic carbocycles. The van der Waals surface area contributed by atoms with Gasteiger partial charge in [-0.05, 0) is 37.1 Å². The molecular formula is C30H26N8O. The Morgan fingerprint density at radius 1 is 0.846 bits per heavy atom. The van der Waals surface area contributed by atoms with Crippen LogP contribution in [0.15, 0.2) is 73.7 Å². The second-order valence-electron chi connectivity index (χ2n) is 10.0. The van der Waals surface area contributed by atoms with Gasteiger partial charge < -0.3 is 10.3 Å². The monoisotopic (exact) mass is 514 g/mol. The fourth-order valence-corrected chi connectivity index (χ4v) is 5.47. The highest BCUT2D eigenvalue weighted by molar-refractivity contribution is 6.01. The smallest absolute Gasteiger partial charge is 0.227 e. The van der Waals surface area contributed by atoms with Gasteiger partial charge in [0.25, 0.3) is 0 Å². The molecule has 3 N–H and O–H groups in total. The number of carbonyl (C=O) groups is 1.